The predicted molar refractivity (Wildman–Crippen MR) is 69.0 cm³/mol. The second-order valence-corrected chi connectivity index (χ2v) is 7.58. The summed E-state index contributed by atoms with van der Waals surface area (Å²) in [5.74, 6) is 1.79. The summed E-state index contributed by atoms with van der Waals surface area (Å²) < 4.78 is 0. The fraction of sp³-hybridized carbons (Fsp3) is 0.714. The van der Waals surface area contributed by atoms with Crippen molar-refractivity contribution >= 4 is 11.3 Å². The maximum Gasteiger partial charge on any atom is 0.0671 e. The highest BCUT2D eigenvalue weighted by Gasteiger charge is 2.61. The number of nitrogens with two attached hydrogens (primary N) is 1. The Morgan fingerprint density at radius 2 is 2.24 bits per heavy atom. The highest BCUT2D eigenvalue weighted by Crippen LogP contribution is 2.62. The Bertz CT molecular complexity index is 445. The molecule has 4 saturated carbocycles. The lowest BCUT2D eigenvalue weighted by Crippen LogP contribution is -2.66. The molecule has 0 spiro atoms. The van der Waals surface area contributed by atoms with Crippen molar-refractivity contribution in [3.05, 3.63) is 22.4 Å². The zero-order valence-electron chi connectivity index (χ0n) is 9.93. The Labute approximate surface area is 106 Å². The van der Waals surface area contributed by atoms with Gasteiger partial charge in [0.15, 0.2) is 0 Å². The van der Waals surface area contributed by atoms with Gasteiger partial charge in [-0.3, -0.25) is 0 Å². The first-order valence-electron chi connectivity index (χ1n) is 6.63. The Balaban J connectivity index is 1.79. The second kappa shape index (κ2) is 3.14. The van der Waals surface area contributed by atoms with Crippen molar-refractivity contribution in [1.82, 2.24) is 0 Å². The maximum absolute atomic E-state index is 10.6. The molecule has 0 aliphatic heterocycles. The van der Waals surface area contributed by atoms with Gasteiger partial charge in [0.2, 0.25) is 0 Å². The topological polar surface area (TPSA) is 46.2 Å². The van der Waals surface area contributed by atoms with Crippen LogP contribution in [0, 0.1) is 11.8 Å². The fourth-order valence-corrected chi connectivity index (χ4v) is 6.21. The SMILES string of the molecule is NC12CC3CC(CC(O)(C3)C1)C2c1cccs1. The molecule has 0 radical (unpaired) electrons. The number of rotatable bonds is 1. The number of thiophene rings is 1. The monoisotopic (exact) mass is 249 g/mol. The van der Waals surface area contributed by atoms with Gasteiger partial charge in [-0.25, -0.2) is 0 Å². The summed E-state index contributed by atoms with van der Waals surface area (Å²) in [4.78, 5) is 1.44. The zero-order valence-corrected chi connectivity index (χ0v) is 10.7. The van der Waals surface area contributed by atoms with E-state index in [1.807, 2.05) is 11.3 Å². The van der Waals surface area contributed by atoms with Gasteiger partial charge in [-0.05, 0) is 55.4 Å². The van der Waals surface area contributed by atoms with E-state index in [0.717, 1.165) is 25.7 Å². The normalized spacial score (nSPS) is 52.0. The predicted octanol–water partition coefficient (Wildman–Crippen LogP) is 2.48. The van der Waals surface area contributed by atoms with Crippen molar-refractivity contribution in [2.45, 2.75) is 49.2 Å². The third-order valence-electron chi connectivity index (χ3n) is 5.21. The molecule has 4 aliphatic rings. The summed E-state index contributed by atoms with van der Waals surface area (Å²) in [6.07, 6.45) is 5.19. The van der Waals surface area contributed by atoms with E-state index in [1.54, 1.807) is 0 Å². The quantitative estimate of drug-likeness (QED) is 0.803. The summed E-state index contributed by atoms with van der Waals surface area (Å²) in [7, 11) is 0. The largest absolute Gasteiger partial charge is 0.390 e. The maximum atomic E-state index is 10.6. The van der Waals surface area contributed by atoms with E-state index in [9.17, 15) is 5.11 Å². The zero-order chi connectivity index (χ0) is 11.7. The molecule has 4 bridgehead atoms. The van der Waals surface area contributed by atoms with Crippen LogP contribution in [-0.2, 0) is 0 Å². The van der Waals surface area contributed by atoms with Crippen molar-refractivity contribution in [1.29, 1.82) is 0 Å². The summed E-state index contributed by atoms with van der Waals surface area (Å²) in [5.41, 5.74) is 6.12. The minimum atomic E-state index is -0.436. The van der Waals surface area contributed by atoms with Gasteiger partial charge < -0.3 is 10.8 Å². The minimum absolute atomic E-state index is 0.135. The van der Waals surface area contributed by atoms with Gasteiger partial charge in [0.05, 0.1) is 5.60 Å². The van der Waals surface area contributed by atoms with Crippen molar-refractivity contribution in [3.63, 3.8) is 0 Å². The van der Waals surface area contributed by atoms with E-state index >= 15 is 0 Å². The molecule has 17 heavy (non-hydrogen) atoms. The Morgan fingerprint density at radius 1 is 1.35 bits per heavy atom. The first-order valence-corrected chi connectivity index (χ1v) is 7.51. The lowest BCUT2D eigenvalue weighted by Gasteiger charge is -2.62. The van der Waals surface area contributed by atoms with Gasteiger partial charge in [-0.15, -0.1) is 11.3 Å². The van der Waals surface area contributed by atoms with Crippen LogP contribution >= 0.6 is 11.3 Å². The number of hydrogen-bond donors (Lipinski definition) is 2. The number of aliphatic hydroxyl groups is 1. The van der Waals surface area contributed by atoms with Gasteiger partial charge >= 0.3 is 0 Å². The van der Waals surface area contributed by atoms with Crippen LogP contribution in [0.4, 0.5) is 0 Å². The van der Waals surface area contributed by atoms with Gasteiger partial charge in [0.25, 0.3) is 0 Å². The number of hydrogen-bond acceptors (Lipinski definition) is 3. The van der Waals surface area contributed by atoms with Crippen LogP contribution in [-0.4, -0.2) is 16.2 Å². The Kier molecular flexibility index (Phi) is 1.94. The van der Waals surface area contributed by atoms with Crippen molar-refractivity contribution in [3.8, 4) is 0 Å². The van der Waals surface area contributed by atoms with Gasteiger partial charge in [-0.1, -0.05) is 6.07 Å². The molecule has 5 atom stereocenters. The highest BCUT2D eigenvalue weighted by molar-refractivity contribution is 7.10. The first-order chi connectivity index (χ1) is 8.08. The molecule has 3 heteroatoms. The van der Waals surface area contributed by atoms with E-state index in [-0.39, 0.29) is 5.54 Å². The average Bonchev–Trinajstić information content (AvgIpc) is 2.65. The molecule has 1 heterocycles. The average molecular weight is 249 g/mol. The van der Waals surface area contributed by atoms with Crippen LogP contribution in [0.2, 0.25) is 0 Å². The minimum Gasteiger partial charge on any atom is -0.390 e. The second-order valence-electron chi connectivity index (χ2n) is 6.60. The molecule has 5 unspecified atom stereocenters. The molecule has 92 valence electrons. The Morgan fingerprint density at radius 3 is 2.88 bits per heavy atom. The van der Waals surface area contributed by atoms with Crippen molar-refractivity contribution < 1.29 is 5.11 Å². The molecule has 1 aromatic heterocycles. The van der Waals surface area contributed by atoms with Crippen LogP contribution in [0.5, 0.6) is 0 Å². The molecule has 5 rings (SSSR count). The molecule has 4 aliphatic carbocycles. The highest BCUT2D eigenvalue weighted by atomic mass is 32.1. The van der Waals surface area contributed by atoms with Crippen LogP contribution in [0.25, 0.3) is 0 Å². The van der Waals surface area contributed by atoms with Crippen LogP contribution < -0.4 is 5.73 Å². The Hall–Kier alpha value is -0.380. The molecule has 0 saturated heterocycles. The van der Waals surface area contributed by atoms with E-state index in [1.165, 1.54) is 11.3 Å². The molecular weight excluding hydrogens is 230 g/mol. The van der Waals surface area contributed by atoms with Crippen LogP contribution in [0.1, 0.15) is 42.9 Å². The van der Waals surface area contributed by atoms with E-state index in [0.29, 0.717) is 17.8 Å². The molecule has 3 N–H and O–H groups in total. The molecular formula is C14H19NOS. The molecule has 1 aromatic rings. The van der Waals surface area contributed by atoms with Crippen molar-refractivity contribution in [2.75, 3.05) is 0 Å². The van der Waals surface area contributed by atoms with Gasteiger partial charge in [-0.2, -0.15) is 0 Å². The summed E-state index contributed by atoms with van der Waals surface area (Å²) in [5, 5.41) is 12.8. The van der Waals surface area contributed by atoms with Gasteiger partial charge in [0, 0.05) is 16.3 Å². The smallest absolute Gasteiger partial charge is 0.0671 e. The third-order valence-corrected chi connectivity index (χ3v) is 6.17. The van der Waals surface area contributed by atoms with Crippen LogP contribution in [0.15, 0.2) is 17.5 Å². The fourth-order valence-electron chi connectivity index (χ4n) is 5.17. The van der Waals surface area contributed by atoms with E-state index in [4.69, 9.17) is 5.73 Å². The first kappa shape index (κ1) is 10.5. The molecule has 4 fully saturated rings. The van der Waals surface area contributed by atoms with E-state index in [2.05, 4.69) is 17.5 Å². The molecule has 0 amide bonds. The third kappa shape index (κ3) is 1.39. The summed E-state index contributed by atoms with van der Waals surface area (Å²) >= 11 is 1.84. The lowest BCUT2D eigenvalue weighted by atomic mass is 9.47. The van der Waals surface area contributed by atoms with Gasteiger partial charge in [0.1, 0.15) is 0 Å². The molecule has 2 nitrogen and oxygen atoms in total. The molecule has 0 aromatic carbocycles. The summed E-state index contributed by atoms with van der Waals surface area (Å²) in [6.45, 7) is 0. The van der Waals surface area contributed by atoms with Crippen LogP contribution in [0.3, 0.4) is 0 Å². The van der Waals surface area contributed by atoms with Crippen molar-refractivity contribution in [2.24, 2.45) is 17.6 Å². The summed E-state index contributed by atoms with van der Waals surface area (Å²) in [6, 6.07) is 4.36. The van der Waals surface area contributed by atoms with E-state index < -0.39 is 5.60 Å². The standard InChI is InChI=1S/C14H19NOS/c15-14-6-9-4-10(7-13(16,5-9)8-14)12(14)11-2-1-3-17-11/h1-3,9-10,12,16H,4-8,15H2. The lowest BCUT2D eigenvalue weighted by molar-refractivity contribution is -0.143.